The summed E-state index contributed by atoms with van der Waals surface area (Å²) in [6.07, 6.45) is 4.29. The first kappa shape index (κ1) is 24.6. The van der Waals surface area contributed by atoms with Crippen LogP contribution in [0.5, 0.6) is 0 Å². The van der Waals surface area contributed by atoms with Crippen LogP contribution in [-0.2, 0) is 4.79 Å². The molecular formula is C27H34FN3O2. The summed E-state index contributed by atoms with van der Waals surface area (Å²) in [4.78, 5) is 33.9. The van der Waals surface area contributed by atoms with Crippen molar-refractivity contribution < 1.29 is 9.18 Å². The predicted molar refractivity (Wildman–Crippen MR) is 131 cm³/mol. The van der Waals surface area contributed by atoms with Crippen molar-refractivity contribution >= 4 is 16.8 Å². The van der Waals surface area contributed by atoms with Crippen molar-refractivity contribution in [2.24, 2.45) is 5.92 Å². The third kappa shape index (κ3) is 5.15. The molecule has 0 saturated heterocycles. The van der Waals surface area contributed by atoms with Crippen LogP contribution in [0.25, 0.3) is 16.6 Å². The van der Waals surface area contributed by atoms with Crippen LogP contribution in [-0.4, -0.2) is 26.9 Å². The lowest BCUT2D eigenvalue weighted by molar-refractivity contribution is -0.138. The number of nitrogens with zero attached hydrogens (tertiary/aromatic N) is 3. The number of rotatable bonds is 10. The topological polar surface area (TPSA) is 55.2 Å². The van der Waals surface area contributed by atoms with Gasteiger partial charge in [-0.25, -0.2) is 9.37 Å². The zero-order valence-electron chi connectivity index (χ0n) is 20.1. The summed E-state index contributed by atoms with van der Waals surface area (Å²) in [5.74, 6) is 0.188. The smallest absolute Gasteiger partial charge is 0.266 e. The molecule has 2 aromatic carbocycles. The summed E-state index contributed by atoms with van der Waals surface area (Å²) in [5.41, 5.74) is 0.910. The van der Waals surface area contributed by atoms with E-state index in [1.807, 2.05) is 30.9 Å². The number of halogens is 1. The van der Waals surface area contributed by atoms with Gasteiger partial charge in [-0.05, 0) is 62.6 Å². The van der Waals surface area contributed by atoms with E-state index < -0.39 is 0 Å². The number of amides is 1. The number of carbonyl (C=O) groups excluding carboxylic acids is 1. The van der Waals surface area contributed by atoms with E-state index >= 15 is 0 Å². The van der Waals surface area contributed by atoms with Crippen LogP contribution in [0.4, 0.5) is 4.39 Å². The Balaban J connectivity index is 2.20. The number of benzene rings is 2. The number of hydrogen-bond donors (Lipinski definition) is 0. The van der Waals surface area contributed by atoms with Crippen LogP contribution in [0.15, 0.2) is 53.3 Å². The molecule has 0 bridgehead atoms. The standard InChI is InChI=1S/C27H34FN3O2/c1-5-9-12-19(6-2)26(32)30(8-4)24(7-3)25-29-23-14-11-10-13-22(23)27(33)31(25)21-17-15-20(28)16-18-21/h10-11,13-19,24H,5-9,12H2,1-4H3. The Morgan fingerprint density at radius 2 is 1.73 bits per heavy atom. The van der Waals surface area contributed by atoms with Crippen molar-refractivity contribution in [3.8, 4) is 5.69 Å². The number of unbranched alkanes of at least 4 members (excludes halogenated alkanes) is 1. The van der Waals surface area contributed by atoms with Gasteiger partial charge in [0.1, 0.15) is 11.6 Å². The van der Waals surface area contributed by atoms with Crippen LogP contribution < -0.4 is 5.56 Å². The minimum atomic E-state index is -0.375. The van der Waals surface area contributed by atoms with Crippen molar-refractivity contribution in [1.82, 2.24) is 14.5 Å². The molecule has 0 aliphatic rings. The molecule has 0 aliphatic carbocycles. The van der Waals surface area contributed by atoms with Crippen LogP contribution in [0.2, 0.25) is 0 Å². The molecule has 5 nitrogen and oxygen atoms in total. The lowest BCUT2D eigenvalue weighted by atomic mass is 9.96. The summed E-state index contributed by atoms with van der Waals surface area (Å²) in [6, 6.07) is 12.7. The highest BCUT2D eigenvalue weighted by molar-refractivity contribution is 5.80. The first-order chi connectivity index (χ1) is 16.0. The minimum Gasteiger partial charge on any atom is -0.333 e. The molecule has 33 heavy (non-hydrogen) atoms. The normalized spacial score (nSPS) is 13.1. The van der Waals surface area contributed by atoms with E-state index in [-0.39, 0.29) is 29.2 Å². The van der Waals surface area contributed by atoms with Crippen molar-refractivity contribution in [1.29, 1.82) is 0 Å². The summed E-state index contributed by atoms with van der Waals surface area (Å²) in [6.45, 7) is 8.67. The number of para-hydroxylation sites is 1. The first-order valence-electron chi connectivity index (χ1n) is 12.0. The molecule has 3 aromatic rings. The fraction of sp³-hybridized carbons (Fsp3) is 0.444. The van der Waals surface area contributed by atoms with Gasteiger partial charge in [0.05, 0.1) is 22.6 Å². The molecule has 1 aromatic heterocycles. The first-order valence-corrected chi connectivity index (χ1v) is 12.0. The maximum Gasteiger partial charge on any atom is 0.266 e. The van der Waals surface area contributed by atoms with Crippen molar-refractivity contribution in [3.05, 3.63) is 70.5 Å². The van der Waals surface area contributed by atoms with E-state index in [9.17, 15) is 14.0 Å². The molecule has 0 fully saturated rings. The molecule has 3 rings (SSSR count). The lowest BCUT2D eigenvalue weighted by Crippen LogP contribution is -2.41. The maximum absolute atomic E-state index is 13.6. The average molecular weight is 452 g/mol. The van der Waals surface area contributed by atoms with Gasteiger partial charge in [-0.3, -0.25) is 14.2 Å². The second-order valence-electron chi connectivity index (χ2n) is 8.40. The fourth-order valence-corrected chi connectivity index (χ4v) is 4.47. The molecule has 0 spiro atoms. The highest BCUT2D eigenvalue weighted by Crippen LogP contribution is 2.29. The zero-order chi connectivity index (χ0) is 24.0. The monoisotopic (exact) mass is 451 g/mol. The number of hydrogen-bond acceptors (Lipinski definition) is 3. The summed E-state index contributed by atoms with van der Waals surface area (Å²) >= 11 is 0. The largest absolute Gasteiger partial charge is 0.333 e. The second-order valence-corrected chi connectivity index (χ2v) is 8.40. The van der Waals surface area contributed by atoms with Crippen LogP contribution in [0, 0.1) is 11.7 Å². The summed E-state index contributed by atoms with van der Waals surface area (Å²) in [5, 5.41) is 0.490. The quantitative estimate of drug-likeness (QED) is 0.378. The van der Waals surface area contributed by atoms with Crippen molar-refractivity contribution in [2.75, 3.05) is 6.54 Å². The van der Waals surface area contributed by atoms with Gasteiger partial charge in [-0.15, -0.1) is 0 Å². The molecule has 2 atom stereocenters. The van der Waals surface area contributed by atoms with E-state index in [2.05, 4.69) is 13.8 Å². The SMILES string of the molecule is CCCCC(CC)C(=O)N(CC)C(CC)c1nc2ccccc2c(=O)n1-c1ccc(F)cc1. The molecule has 176 valence electrons. The molecule has 6 heteroatoms. The third-order valence-electron chi connectivity index (χ3n) is 6.32. The van der Waals surface area contributed by atoms with E-state index in [1.54, 1.807) is 28.8 Å². The highest BCUT2D eigenvalue weighted by Gasteiger charge is 2.31. The van der Waals surface area contributed by atoms with E-state index in [0.717, 1.165) is 25.7 Å². The van der Waals surface area contributed by atoms with Crippen LogP contribution >= 0.6 is 0 Å². The minimum absolute atomic E-state index is 0.0506. The molecule has 1 heterocycles. The van der Waals surface area contributed by atoms with Gasteiger partial charge in [0.2, 0.25) is 5.91 Å². The van der Waals surface area contributed by atoms with Crippen molar-refractivity contribution in [3.63, 3.8) is 0 Å². The molecule has 2 unspecified atom stereocenters. The van der Waals surface area contributed by atoms with Gasteiger partial charge in [0.25, 0.3) is 5.56 Å². The number of aromatic nitrogens is 2. The predicted octanol–water partition coefficient (Wildman–Crippen LogP) is 6.04. The Labute approximate surface area is 195 Å². The van der Waals surface area contributed by atoms with E-state index in [1.165, 1.54) is 12.1 Å². The van der Waals surface area contributed by atoms with Gasteiger partial charge in [0.15, 0.2) is 0 Å². The van der Waals surface area contributed by atoms with Gasteiger partial charge in [-0.1, -0.05) is 45.7 Å². The molecule has 1 amide bonds. The molecule has 0 aliphatic heterocycles. The molecule has 0 radical (unpaired) electrons. The Morgan fingerprint density at radius 1 is 1.03 bits per heavy atom. The van der Waals surface area contributed by atoms with Crippen LogP contribution in [0.1, 0.15) is 71.7 Å². The number of fused-ring (bicyclic) bond motifs is 1. The van der Waals surface area contributed by atoms with Gasteiger partial charge in [0, 0.05) is 12.5 Å². The Kier molecular flexibility index (Phi) is 8.37. The molecular weight excluding hydrogens is 417 g/mol. The van der Waals surface area contributed by atoms with E-state index in [4.69, 9.17) is 4.98 Å². The average Bonchev–Trinajstić information content (AvgIpc) is 2.83. The van der Waals surface area contributed by atoms with Crippen LogP contribution in [0.3, 0.4) is 0 Å². The summed E-state index contributed by atoms with van der Waals surface area (Å²) < 4.78 is 15.2. The fourth-order valence-electron chi connectivity index (χ4n) is 4.47. The third-order valence-corrected chi connectivity index (χ3v) is 6.32. The van der Waals surface area contributed by atoms with Gasteiger partial charge < -0.3 is 4.90 Å². The zero-order valence-corrected chi connectivity index (χ0v) is 20.1. The highest BCUT2D eigenvalue weighted by atomic mass is 19.1. The molecule has 0 N–H and O–H groups in total. The summed E-state index contributed by atoms with van der Waals surface area (Å²) in [7, 11) is 0. The second kappa shape index (κ2) is 11.2. The van der Waals surface area contributed by atoms with Gasteiger partial charge >= 0.3 is 0 Å². The molecule has 0 saturated carbocycles. The lowest BCUT2D eigenvalue weighted by Gasteiger charge is -2.34. The van der Waals surface area contributed by atoms with E-state index in [0.29, 0.717) is 35.4 Å². The maximum atomic E-state index is 13.6. The Bertz CT molecular complexity index is 1140. The Hall–Kier alpha value is -3.02. The number of carbonyl (C=O) groups is 1. The van der Waals surface area contributed by atoms with Gasteiger partial charge in [-0.2, -0.15) is 0 Å². The van der Waals surface area contributed by atoms with Crippen molar-refractivity contribution in [2.45, 2.75) is 65.8 Å². The Morgan fingerprint density at radius 3 is 2.33 bits per heavy atom.